The van der Waals surface area contributed by atoms with Crippen molar-refractivity contribution >= 4 is 23.3 Å². The van der Waals surface area contributed by atoms with Crippen LogP contribution in [0.15, 0.2) is 95.8 Å². The molecule has 1 atom stereocenters. The van der Waals surface area contributed by atoms with E-state index in [1.54, 1.807) is 50.4 Å². The van der Waals surface area contributed by atoms with Gasteiger partial charge in [0.2, 0.25) is 5.91 Å². The molecule has 0 saturated heterocycles. The Balaban J connectivity index is 1.79. The van der Waals surface area contributed by atoms with E-state index in [-0.39, 0.29) is 22.4 Å². The van der Waals surface area contributed by atoms with Gasteiger partial charge in [-0.3, -0.25) is 19.2 Å². The van der Waals surface area contributed by atoms with Gasteiger partial charge in [0.1, 0.15) is 11.5 Å². The first-order chi connectivity index (χ1) is 17.8. The number of carbonyl (C=O) groups is 3. The first-order valence-corrected chi connectivity index (χ1v) is 11.5. The van der Waals surface area contributed by atoms with Crippen LogP contribution in [-0.4, -0.2) is 35.3 Å². The van der Waals surface area contributed by atoms with Crippen molar-refractivity contribution in [2.24, 2.45) is 0 Å². The van der Waals surface area contributed by atoms with Gasteiger partial charge in [0.25, 0.3) is 11.5 Å². The third kappa shape index (κ3) is 5.44. The molecule has 4 aromatic rings. The highest BCUT2D eigenvalue weighted by atomic mass is 19.1. The molecule has 7 nitrogen and oxygen atoms in total. The van der Waals surface area contributed by atoms with Gasteiger partial charge in [-0.15, -0.1) is 0 Å². The summed E-state index contributed by atoms with van der Waals surface area (Å²) in [7, 11) is 1.62. The highest BCUT2D eigenvalue weighted by Crippen LogP contribution is 2.21. The molecule has 1 aromatic heterocycles. The van der Waals surface area contributed by atoms with Crippen LogP contribution < -0.4 is 16.2 Å². The van der Waals surface area contributed by atoms with E-state index >= 15 is 0 Å². The maximum Gasteiger partial charge on any atom is 0.281 e. The fourth-order valence-corrected chi connectivity index (χ4v) is 3.73. The van der Waals surface area contributed by atoms with Gasteiger partial charge >= 0.3 is 0 Å². The van der Waals surface area contributed by atoms with E-state index in [0.717, 1.165) is 4.57 Å². The van der Waals surface area contributed by atoms with Crippen molar-refractivity contribution in [3.05, 3.63) is 124 Å². The highest BCUT2D eigenvalue weighted by Gasteiger charge is 2.21. The minimum atomic E-state index is -0.710. The monoisotopic (exact) mass is 497 g/mol. The standard InChI is InChI=1S/C29H24FN3O4/c1-18(31-2)27(35)32-24-15-16-25(19-7-4-3-5-8-19)33(29(24)37)28(36)22-10-6-9-21(17-22)26(34)20-11-13-23(30)14-12-20/h3-18,31H,1-2H3,(H,32,35). The van der Waals surface area contributed by atoms with Crippen LogP contribution in [0.25, 0.3) is 11.3 Å². The number of benzene rings is 3. The van der Waals surface area contributed by atoms with Gasteiger partial charge in [-0.05, 0) is 68.1 Å². The number of nitrogens with one attached hydrogen (secondary N) is 2. The Morgan fingerprint density at radius 1 is 0.811 bits per heavy atom. The van der Waals surface area contributed by atoms with Crippen LogP contribution in [0, 0.1) is 5.82 Å². The molecule has 0 fully saturated rings. The van der Waals surface area contributed by atoms with Crippen LogP contribution in [0.3, 0.4) is 0 Å². The van der Waals surface area contributed by atoms with Gasteiger partial charge in [-0.25, -0.2) is 8.96 Å². The number of hydrogen-bond donors (Lipinski definition) is 2. The van der Waals surface area contributed by atoms with E-state index in [2.05, 4.69) is 10.6 Å². The number of aromatic nitrogens is 1. The predicted octanol–water partition coefficient (Wildman–Crippen LogP) is 4.12. The molecule has 0 saturated carbocycles. The molecule has 0 bridgehead atoms. The van der Waals surface area contributed by atoms with Gasteiger partial charge < -0.3 is 10.6 Å². The predicted molar refractivity (Wildman–Crippen MR) is 139 cm³/mol. The van der Waals surface area contributed by atoms with Crippen molar-refractivity contribution in [1.82, 2.24) is 9.88 Å². The molecule has 37 heavy (non-hydrogen) atoms. The smallest absolute Gasteiger partial charge is 0.281 e. The number of halogens is 1. The first-order valence-electron chi connectivity index (χ1n) is 11.5. The minimum absolute atomic E-state index is 0.0568. The van der Waals surface area contributed by atoms with Gasteiger partial charge in [0.15, 0.2) is 5.78 Å². The number of rotatable bonds is 7. The Bertz CT molecular complexity index is 1530. The van der Waals surface area contributed by atoms with Gasteiger partial charge in [0.05, 0.1) is 11.7 Å². The Morgan fingerprint density at radius 2 is 1.49 bits per heavy atom. The molecular formula is C29H24FN3O4. The summed E-state index contributed by atoms with van der Waals surface area (Å²) in [5.41, 5.74) is 0.741. The molecule has 2 N–H and O–H groups in total. The molecule has 186 valence electrons. The lowest BCUT2D eigenvalue weighted by molar-refractivity contribution is -0.117. The number of nitrogens with zero attached hydrogens (tertiary/aromatic N) is 1. The van der Waals surface area contributed by atoms with Crippen molar-refractivity contribution in [2.75, 3.05) is 12.4 Å². The average Bonchev–Trinajstić information content (AvgIpc) is 2.93. The maximum atomic E-state index is 13.7. The number of carbonyl (C=O) groups excluding carboxylic acids is 3. The van der Waals surface area contributed by atoms with Gasteiger partial charge in [-0.1, -0.05) is 42.5 Å². The van der Waals surface area contributed by atoms with Crippen LogP contribution in [0.5, 0.6) is 0 Å². The number of ketones is 1. The average molecular weight is 498 g/mol. The summed E-state index contributed by atoms with van der Waals surface area (Å²) < 4.78 is 14.3. The molecule has 1 unspecified atom stereocenters. The Kier molecular flexibility index (Phi) is 7.50. The Labute approximate surface area is 212 Å². The quantitative estimate of drug-likeness (QED) is 0.375. The van der Waals surface area contributed by atoms with Crippen LogP contribution in [-0.2, 0) is 4.79 Å². The third-order valence-corrected chi connectivity index (χ3v) is 5.92. The fourth-order valence-electron chi connectivity index (χ4n) is 3.73. The second-order valence-electron chi connectivity index (χ2n) is 8.36. The summed E-state index contributed by atoms with van der Waals surface area (Å²) in [6.07, 6.45) is 0. The topological polar surface area (TPSA) is 97.3 Å². The molecule has 0 aliphatic heterocycles. The molecule has 0 aliphatic rings. The minimum Gasteiger partial charge on any atom is -0.320 e. The van der Waals surface area contributed by atoms with Crippen LogP contribution in [0.1, 0.15) is 33.2 Å². The van der Waals surface area contributed by atoms with Crippen molar-refractivity contribution in [2.45, 2.75) is 13.0 Å². The summed E-state index contributed by atoms with van der Waals surface area (Å²) in [6.45, 7) is 1.64. The lowest BCUT2D eigenvalue weighted by Crippen LogP contribution is -2.38. The molecule has 8 heteroatoms. The zero-order valence-electron chi connectivity index (χ0n) is 20.2. The zero-order valence-corrected chi connectivity index (χ0v) is 20.2. The van der Waals surface area contributed by atoms with E-state index in [1.165, 1.54) is 48.5 Å². The normalized spacial score (nSPS) is 11.5. The molecular weight excluding hydrogens is 473 g/mol. The summed E-state index contributed by atoms with van der Waals surface area (Å²) in [5, 5.41) is 5.37. The van der Waals surface area contributed by atoms with Gasteiger partial charge in [-0.2, -0.15) is 0 Å². The summed E-state index contributed by atoms with van der Waals surface area (Å²) in [4.78, 5) is 52.6. The summed E-state index contributed by atoms with van der Waals surface area (Å²) in [5.74, 6) is -1.97. The zero-order chi connectivity index (χ0) is 26.5. The van der Waals surface area contributed by atoms with E-state index in [4.69, 9.17) is 0 Å². The van der Waals surface area contributed by atoms with E-state index in [0.29, 0.717) is 11.3 Å². The third-order valence-electron chi connectivity index (χ3n) is 5.92. The molecule has 1 heterocycles. The fraction of sp³-hybridized carbons (Fsp3) is 0.103. The number of pyridine rings is 1. The van der Waals surface area contributed by atoms with Gasteiger partial charge in [0, 0.05) is 16.7 Å². The van der Waals surface area contributed by atoms with Crippen LogP contribution >= 0.6 is 0 Å². The van der Waals surface area contributed by atoms with E-state index in [9.17, 15) is 23.6 Å². The number of hydrogen-bond acceptors (Lipinski definition) is 5. The number of anilines is 1. The summed E-state index contributed by atoms with van der Waals surface area (Å²) in [6, 6.07) is 22.4. The lowest BCUT2D eigenvalue weighted by atomic mass is 10.0. The van der Waals surface area contributed by atoms with Crippen LogP contribution in [0.2, 0.25) is 0 Å². The number of likely N-dealkylation sites (N-methyl/N-ethyl adjacent to an activating group) is 1. The molecule has 4 rings (SSSR count). The number of amides is 1. The van der Waals surface area contributed by atoms with Crippen molar-refractivity contribution in [1.29, 1.82) is 0 Å². The van der Waals surface area contributed by atoms with Crippen molar-refractivity contribution < 1.29 is 18.8 Å². The van der Waals surface area contributed by atoms with E-state index in [1.807, 2.05) is 6.07 Å². The van der Waals surface area contributed by atoms with Crippen LogP contribution in [0.4, 0.5) is 10.1 Å². The molecule has 0 spiro atoms. The second-order valence-corrected chi connectivity index (χ2v) is 8.36. The van der Waals surface area contributed by atoms with E-state index < -0.39 is 35.0 Å². The highest BCUT2D eigenvalue weighted by molar-refractivity contribution is 6.10. The molecule has 1 amide bonds. The SMILES string of the molecule is CNC(C)C(=O)Nc1ccc(-c2ccccc2)n(C(=O)c2cccc(C(=O)c3ccc(F)cc3)c2)c1=O. The largest absolute Gasteiger partial charge is 0.320 e. The summed E-state index contributed by atoms with van der Waals surface area (Å²) >= 11 is 0. The lowest BCUT2D eigenvalue weighted by Gasteiger charge is -2.16. The molecule has 0 radical (unpaired) electrons. The second kappa shape index (κ2) is 10.9. The molecule has 0 aliphatic carbocycles. The maximum absolute atomic E-state index is 13.7. The van der Waals surface area contributed by atoms with Crippen molar-refractivity contribution in [3.8, 4) is 11.3 Å². The van der Waals surface area contributed by atoms with Crippen molar-refractivity contribution in [3.63, 3.8) is 0 Å². The Morgan fingerprint density at radius 3 is 2.16 bits per heavy atom. The first kappa shape index (κ1) is 25.4. The Hall–Kier alpha value is -4.69. The molecule has 3 aromatic carbocycles.